The number of allylic oxidation sites excluding steroid dienone is 4. The van der Waals surface area contributed by atoms with Crippen LogP contribution < -0.4 is 0 Å². The Labute approximate surface area is 236 Å². The first-order valence-corrected chi connectivity index (χ1v) is 15.1. The number of rotatable bonds is 14. The molecule has 8 heteroatoms. The monoisotopic (exact) mass is 541 g/mol. The zero-order chi connectivity index (χ0) is 28.2. The molecule has 1 atom stereocenters. The number of carbonyl (C=O) groups excluding carboxylic acids is 2. The van der Waals surface area contributed by atoms with Crippen molar-refractivity contribution >= 4 is 11.8 Å². The molecule has 1 unspecified atom stereocenters. The van der Waals surface area contributed by atoms with Crippen molar-refractivity contribution in [2.75, 3.05) is 59.5 Å². The molecule has 218 valence electrons. The summed E-state index contributed by atoms with van der Waals surface area (Å²) in [6.07, 6.45) is 14.1. The van der Waals surface area contributed by atoms with Crippen LogP contribution in [0.25, 0.3) is 0 Å². The lowest BCUT2D eigenvalue weighted by atomic mass is 10.0. The maximum atomic E-state index is 14.0. The number of hydrogen-bond donors (Lipinski definition) is 0. The number of hydrogen-bond acceptors (Lipinski definition) is 5. The lowest BCUT2D eigenvalue weighted by Crippen LogP contribution is -2.47. The van der Waals surface area contributed by atoms with Crippen LogP contribution in [0.15, 0.2) is 30.0 Å². The van der Waals surface area contributed by atoms with Gasteiger partial charge in [-0.3, -0.25) is 9.59 Å². The van der Waals surface area contributed by atoms with E-state index in [0.717, 1.165) is 51.0 Å². The Morgan fingerprint density at radius 3 is 2.62 bits per heavy atom. The van der Waals surface area contributed by atoms with E-state index in [1.807, 2.05) is 9.80 Å². The van der Waals surface area contributed by atoms with Crippen LogP contribution >= 0.6 is 0 Å². The minimum atomic E-state index is -0.151. The van der Waals surface area contributed by atoms with E-state index in [4.69, 9.17) is 9.72 Å². The maximum absolute atomic E-state index is 14.0. The van der Waals surface area contributed by atoms with Gasteiger partial charge in [0.2, 0.25) is 5.91 Å². The van der Waals surface area contributed by atoms with Gasteiger partial charge in [0.15, 0.2) is 0 Å². The third-order valence-electron chi connectivity index (χ3n) is 7.69. The minimum absolute atomic E-state index is 0.0204. The molecule has 2 heterocycles. The molecule has 0 N–H and O–H groups in total. The smallest absolute Gasteiger partial charge is 0.272 e. The molecular weight excluding hydrogens is 490 g/mol. The van der Waals surface area contributed by atoms with E-state index in [-0.39, 0.29) is 17.7 Å². The fourth-order valence-corrected chi connectivity index (χ4v) is 5.41. The summed E-state index contributed by atoms with van der Waals surface area (Å²) in [7, 11) is 2.06. The van der Waals surface area contributed by atoms with Gasteiger partial charge in [-0.15, -0.1) is 0 Å². The lowest BCUT2D eigenvalue weighted by molar-refractivity contribution is -0.140. The summed E-state index contributed by atoms with van der Waals surface area (Å²) in [5.41, 5.74) is 2.04. The van der Waals surface area contributed by atoms with Gasteiger partial charge in [0.1, 0.15) is 11.5 Å². The predicted octanol–water partition coefficient (Wildman–Crippen LogP) is 4.42. The first kappa shape index (κ1) is 31.1. The molecule has 2 amide bonds. The molecule has 1 aliphatic carbocycles. The molecule has 3 rings (SSSR count). The van der Waals surface area contributed by atoms with Crippen molar-refractivity contribution in [3.8, 4) is 0 Å². The molecular formula is C31H51N5O3. The van der Waals surface area contributed by atoms with Crippen LogP contribution in [-0.4, -0.2) is 95.6 Å². The van der Waals surface area contributed by atoms with Crippen molar-refractivity contribution in [3.05, 3.63) is 41.5 Å². The summed E-state index contributed by atoms with van der Waals surface area (Å²) >= 11 is 0. The van der Waals surface area contributed by atoms with Crippen molar-refractivity contribution in [3.63, 3.8) is 0 Å². The highest BCUT2D eigenvalue weighted by atomic mass is 16.5. The summed E-state index contributed by atoms with van der Waals surface area (Å²) < 4.78 is 7.60. The third kappa shape index (κ3) is 9.31. The Morgan fingerprint density at radius 1 is 1.15 bits per heavy atom. The van der Waals surface area contributed by atoms with Gasteiger partial charge < -0.3 is 24.0 Å². The molecule has 39 heavy (non-hydrogen) atoms. The van der Waals surface area contributed by atoms with Crippen molar-refractivity contribution in [2.24, 2.45) is 11.8 Å². The summed E-state index contributed by atoms with van der Waals surface area (Å²) in [5.74, 6) is 1.34. The second kappa shape index (κ2) is 16.0. The first-order chi connectivity index (χ1) is 18.8. The summed E-state index contributed by atoms with van der Waals surface area (Å²) in [5, 5.41) is 0. The van der Waals surface area contributed by atoms with Crippen molar-refractivity contribution < 1.29 is 14.3 Å². The lowest BCUT2D eigenvalue weighted by Gasteiger charge is -2.33. The maximum Gasteiger partial charge on any atom is 0.272 e. The Bertz CT molecular complexity index is 977. The van der Waals surface area contributed by atoms with E-state index < -0.39 is 0 Å². The molecule has 0 saturated carbocycles. The molecule has 0 spiro atoms. The summed E-state index contributed by atoms with van der Waals surface area (Å²) in [6, 6.07) is 0. The molecule has 1 saturated heterocycles. The molecule has 2 aliphatic rings. The highest BCUT2D eigenvalue weighted by Crippen LogP contribution is 2.21. The average Bonchev–Trinajstić information content (AvgIpc) is 3.14. The highest BCUT2D eigenvalue weighted by molar-refractivity contribution is 5.92. The quantitative estimate of drug-likeness (QED) is 0.349. The normalized spacial score (nSPS) is 16.9. The molecule has 0 radical (unpaired) electrons. The van der Waals surface area contributed by atoms with Gasteiger partial charge in [0.25, 0.3) is 5.91 Å². The average molecular weight is 542 g/mol. The molecule has 1 fully saturated rings. The van der Waals surface area contributed by atoms with Crippen LogP contribution in [-0.2, 0) is 22.5 Å². The number of nitrogens with zero attached hydrogens (tertiary/aromatic N) is 5. The van der Waals surface area contributed by atoms with E-state index in [0.29, 0.717) is 64.0 Å². The van der Waals surface area contributed by atoms with E-state index >= 15 is 0 Å². The second-order valence-corrected chi connectivity index (χ2v) is 11.5. The third-order valence-corrected chi connectivity index (χ3v) is 7.69. The number of morpholine rings is 1. The van der Waals surface area contributed by atoms with E-state index in [2.05, 4.69) is 62.4 Å². The van der Waals surface area contributed by atoms with Crippen molar-refractivity contribution in [2.45, 2.75) is 72.8 Å². The van der Waals surface area contributed by atoms with E-state index in [1.54, 1.807) is 6.20 Å². The van der Waals surface area contributed by atoms with Gasteiger partial charge in [0.05, 0.1) is 25.3 Å². The predicted molar refractivity (Wildman–Crippen MR) is 157 cm³/mol. The Hall–Kier alpha value is -2.45. The fraction of sp³-hybridized carbons (Fsp3) is 0.710. The molecule has 1 aromatic heterocycles. The van der Waals surface area contributed by atoms with Crippen molar-refractivity contribution in [1.29, 1.82) is 0 Å². The number of amides is 2. The minimum Gasteiger partial charge on any atom is -0.378 e. The Balaban J connectivity index is 1.79. The van der Waals surface area contributed by atoms with E-state index in [9.17, 15) is 9.59 Å². The van der Waals surface area contributed by atoms with Crippen LogP contribution in [0.1, 0.15) is 76.1 Å². The Morgan fingerprint density at radius 2 is 1.92 bits per heavy atom. The van der Waals surface area contributed by atoms with Crippen LogP contribution in [0.3, 0.4) is 0 Å². The van der Waals surface area contributed by atoms with Crippen LogP contribution in [0.5, 0.6) is 0 Å². The largest absolute Gasteiger partial charge is 0.378 e. The van der Waals surface area contributed by atoms with Gasteiger partial charge >= 0.3 is 0 Å². The SMILES string of the molecule is CCCn1c(C(=O)N(CCC(CN(C)CC)C(=O)N2CCOCC2)CC(C)C)cnc1CC1=CC=CCCC1. The fourth-order valence-electron chi connectivity index (χ4n) is 5.41. The molecule has 1 aliphatic heterocycles. The first-order valence-electron chi connectivity index (χ1n) is 15.1. The van der Waals surface area contributed by atoms with Gasteiger partial charge in [0, 0.05) is 45.7 Å². The van der Waals surface area contributed by atoms with Gasteiger partial charge in [-0.05, 0) is 51.6 Å². The van der Waals surface area contributed by atoms with Gasteiger partial charge in [-0.2, -0.15) is 0 Å². The van der Waals surface area contributed by atoms with Crippen LogP contribution in [0.4, 0.5) is 0 Å². The Kier molecular flexibility index (Phi) is 12.7. The van der Waals surface area contributed by atoms with Crippen LogP contribution in [0.2, 0.25) is 0 Å². The number of aromatic nitrogens is 2. The standard InChI is InChI=1S/C31H51N5O3/c1-6-15-36-28(22-32-29(36)21-26-12-10-8-9-11-13-26)31(38)35(23-25(3)4)16-14-27(24-33(5)7-2)30(37)34-17-19-39-20-18-34/h8,10,12,22,25,27H,6-7,9,11,13-21,23-24H2,1-5H3. The van der Waals surface area contributed by atoms with Crippen molar-refractivity contribution in [1.82, 2.24) is 24.3 Å². The summed E-state index contributed by atoms with van der Waals surface area (Å²) in [6.45, 7) is 14.6. The summed E-state index contributed by atoms with van der Waals surface area (Å²) in [4.78, 5) is 38.3. The van der Waals surface area contributed by atoms with Gasteiger partial charge in [-0.1, -0.05) is 51.5 Å². The zero-order valence-electron chi connectivity index (χ0n) is 25.0. The zero-order valence-corrected chi connectivity index (χ0v) is 25.0. The highest BCUT2D eigenvalue weighted by Gasteiger charge is 2.29. The molecule has 0 aromatic carbocycles. The molecule has 8 nitrogen and oxygen atoms in total. The van der Waals surface area contributed by atoms with E-state index in [1.165, 1.54) is 5.57 Å². The van der Waals surface area contributed by atoms with Crippen LogP contribution in [0, 0.1) is 11.8 Å². The van der Waals surface area contributed by atoms with Gasteiger partial charge in [-0.25, -0.2) is 4.98 Å². The number of ether oxygens (including phenoxy) is 1. The second-order valence-electron chi connectivity index (χ2n) is 11.5. The molecule has 0 bridgehead atoms. The number of imidazole rings is 1. The topological polar surface area (TPSA) is 70.9 Å². The molecule has 1 aromatic rings. The number of carbonyl (C=O) groups is 2.